The van der Waals surface area contributed by atoms with E-state index in [0.717, 1.165) is 35.3 Å². The standard InChI is InChI=1S/C13H20BrNO2/c1-10(16)11-5-6-13(12(14)9-11)15(2)7-4-8-17-3/h5-6,9-10,16H,4,7-8H2,1-3H3/t10-/m1/s1. The van der Waals surface area contributed by atoms with Gasteiger partial charge in [-0.25, -0.2) is 0 Å². The van der Waals surface area contributed by atoms with Crippen LogP contribution in [0.3, 0.4) is 0 Å². The first-order valence-corrected chi connectivity index (χ1v) is 6.53. The molecule has 0 aromatic heterocycles. The Kier molecular flexibility index (Phi) is 5.95. The topological polar surface area (TPSA) is 32.7 Å². The first-order chi connectivity index (χ1) is 8.06. The zero-order valence-electron chi connectivity index (χ0n) is 10.6. The molecule has 0 aliphatic rings. The summed E-state index contributed by atoms with van der Waals surface area (Å²) in [6.45, 7) is 3.48. The molecule has 0 aliphatic carbocycles. The second-order valence-corrected chi connectivity index (χ2v) is 5.01. The van der Waals surface area contributed by atoms with Gasteiger partial charge in [0.2, 0.25) is 0 Å². The number of nitrogens with zero attached hydrogens (tertiary/aromatic N) is 1. The maximum Gasteiger partial charge on any atom is 0.0762 e. The maximum absolute atomic E-state index is 9.50. The normalized spacial score (nSPS) is 12.5. The van der Waals surface area contributed by atoms with Crippen molar-refractivity contribution in [2.75, 3.05) is 32.2 Å². The lowest BCUT2D eigenvalue weighted by Gasteiger charge is -2.21. The van der Waals surface area contributed by atoms with Crippen LogP contribution in [0.1, 0.15) is 25.0 Å². The molecule has 17 heavy (non-hydrogen) atoms. The lowest BCUT2D eigenvalue weighted by molar-refractivity contribution is 0.196. The number of hydrogen-bond donors (Lipinski definition) is 1. The third kappa shape index (κ3) is 4.30. The minimum absolute atomic E-state index is 0.431. The smallest absolute Gasteiger partial charge is 0.0762 e. The zero-order valence-corrected chi connectivity index (χ0v) is 12.2. The summed E-state index contributed by atoms with van der Waals surface area (Å²) in [6, 6.07) is 5.95. The predicted octanol–water partition coefficient (Wildman–Crippen LogP) is 2.98. The van der Waals surface area contributed by atoms with E-state index in [1.54, 1.807) is 14.0 Å². The van der Waals surface area contributed by atoms with E-state index in [1.165, 1.54) is 0 Å². The minimum Gasteiger partial charge on any atom is -0.389 e. The number of halogens is 1. The number of anilines is 1. The van der Waals surface area contributed by atoms with Crippen LogP contribution < -0.4 is 4.90 Å². The average Bonchev–Trinajstić information content (AvgIpc) is 2.28. The lowest BCUT2D eigenvalue weighted by Crippen LogP contribution is -2.20. The molecule has 1 aromatic rings. The number of ether oxygens (including phenoxy) is 1. The van der Waals surface area contributed by atoms with Gasteiger partial charge in [0, 0.05) is 31.8 Å². The van der Waals surface area contributed by atoms with Gasteiger partial charge in [-0.3, -0.25) is 0 Å². The molecule has 0 unspecified atom stereocenters. The number of aliphatic hydroxyl groups is 1. The SMILES string of the molecule is COCCCN(C)c1ccc([C@@H](C)O)cc1Br. The quantitative estimate of drug-likeness (QED) is 0.820. The van der Waals surface area contributed by atoms with E-state index in [-0.39, 0.29) is 0 Å². The van der Waals surface area contributed by atoms with Gasteiger partial charge in [-0.1, -0.05) is 6.07 Å². The second-order valence-electron chi connectivity index (χ2n) is 4.15. The van der Waals surface area contributed by atoms with Crippen LogP contribution in [0.5, 0.6) is 0 Å². The van der Waals surface area contributed by atoms with Crippen molar-refractivity contribution in [2.24, 2.45) is 0 Å². The third-order valence-electron chi connectivity index (χ3n) is 2.71. The Labute approximate surface area is 112 Å². The number of rotatable bonds is 6. The van der Waals surface area contributed by atoms with Gasteiger partial charge in [0.25, 0.3) is 0 Å². The van der Waals surface area contributed by atoms with Crippen LogP contribution in [0.4, 0.5) is 5.69 Å². The van der Waals surface area contributed by atoms with Gasteiger partial charge in [0.15, 0.2) is 0 Å². The van der Waals surface area contributed by atoms with Crippen LogP contribution in [-0.4, -0.2) is 32.4 Å². The van der Waals surface area contributed by atoms with E-state index in [2.05, 4.69) is 27.9 Å². The summed E-state index contributed by atoms with van der Waals surface area (Å²) in [5.41, 5.74) is 2.05. The van der Waals surface area contributed by atoms with Gasteiger partial charge in [-0.05, 0) is 47.0 Å². The molecular formula is C13H20BrNO2. The number of hydrogen-bond acceptors (Lipinski definition) is 3. The predicted molar refractivity (Wildman–Crippen MR) is 74.5 cm³/mol. The van der Waals surface area contributed by atoms with E-state index >= 15 is 0 Å². The summed E-state index contributed by atoms with van der Waals surface area (Å²) in [7, 11) is 3.77. The molecule has 0 saturated heterocycles. The van der Waals surface area contributed by atoms with Crippen molar-refractivity contribution < 1.29 is 9.84 Å². The van der Waals surface area contributed by atoms with E-state index in [1.807, 2.05) is 18.2 Å². The molecule has 0 spiro atoms. The van der Waals surface area contributed by atoms with Crippen LogP contribution in [0.15, 0.2) is 22.7 Å². The van der Waals surface area contributed by atoms with Crippen LogP contribution >= 0.6 is 15.9 Å². The van der Waals surface area contributed by atoms with E-state index < -0.39 is 6.10 Å². The van der Waals surface area contributed by atoms with E-state index in [4.69, 9.17) is 4.74 Å². The van der Waals surface area contributed by atoms with Gasteiger partial charge in [-0.2, -0.15) is 0 Å². The highest BCUT2D eigenvalue weighted by atomic mass is 79.9. The fraction of sp³-hybridized carbons (Fsp3) is 0.538. The number of benzene rings is 1. The van der Waals surface area contributed by atoms with Crippen molar-refractivity contribution in [1.29, 1.82) is 0 Å². The Morgan fingerprint density at radius 2 is 2.18 bits per heavy atom. The summed E-state index contributed by atoms with van der Waals surface area (Å²) in [5, 5.41) is 9.50. The highest BCUT2D eigenvalue weighted by molar-refractivity contribution is 9.10. The summed E-state index contributed by atoms with van der Waals surface area (Å²) in [4.78, 5) is 2.18. The van der Waals surface area contributed by atoms with Gasteiger partial charge in [0.05, 0.1) is 11.8 Å². The Bertz CT molecular complexity index is 355. The van der Waals surface area contributed by atoms with Crippen LogP contribution in [0.2, 0.25) is 0 Å². The molecule has 0 aliphatic heterocycles. The molecule has 1 aromatic carbocycles. The molecule has 0 bridgehead atoms. The molecule has 0 heterocycles. The fourth-order valence-electron chi connectivity index (χ4n) is 1.66. The molecule has 96 valence electrons. The van der Waals surface area contributed by atoms with Crippen molar-refractivity contribution in [2.45, 2.75) is 19.4 Å². The molecule has 0 saturated carbocycles. The largest absolute Gasteiger partial charge is 0.389 e. The van der Waals surface area contributed by atoms with Crippen LogP contribution in [0, 0.1) is 0 Å². The van der Waals surface area contributed by atoms with Crippen LogP contribution in [-0.2, 0) is 4.74 Å². The van der Waals surface area contributed by atoms with E-state index in [9.17, 15) is 5.11 Å². The molecule has 4 heteroatoms. The first-order valence-electron chi connectivity index (χ1n) is 5.74. The summed E-state index contributed by atoms with van der Waals surface area (Å²) >= 11 is 3.54. The monoisotopic (exact) mass is 301 g/mol. The van der Waals surface area contributed by atoms with Crippen molar-refractivity contribution in [1.82, 2.24) is 0 Å². The number of aliphatic hydroxyl groups excluding tert-OH is 1. The second kappa shape index (κ2) is 6.99. The molecule has 1 atom stereocenters. The van der Waals surface area contributed by atoms with Gasteiger partial charge in [0.1, 0.15) is 0 Å². The highest BCUT2D eigenvalue weighted by Crippen LogP contribution is 2.28. The molecule has 0 radical (unpaired) electrons. The van der Waals surface area contributed by atoms with E-state index in [0.29, 0.717) is 0 Å². The Balaban J connectivity index is 2.70. The third-order valence-corrected chi connectivity index (χ3v) is 3.34. The van der Waals surface area contributed by atoms with Crippen molar-refractivity contribution in [3.8, 4) is 0 Å². The van der Waals surface area contributed by atoms with Gasteiger partial charge in [-0.15, -0.1) is 0 Å². The van der Waals surface area contributed by atoms with Crippen molar-refractivity contribution in [3.63, 3.8) is 0 Å². The first kappa shape index (κ1) is 14.5. The molecule has 0 amide bonds. The van der Waals surface area contributed by atoms with Gasteiger partial charge < -0.3 is 14.7 Å². The molecule has 1 rings (SSSR count). The average molecular weight is 302 g/mol. The Hall–Kier alpha value is -0.580. The Morgan fingerprint density at radius 1 is 1.47 bits per heavy atom. The molecule has 0 fully saturated rings. The zero-order chi connectivity index (χ0) is 12.8. The molecule has 3 nitrogen and oxygen atoms in total. The maximum atomic E-state index is 9.50. The van der Waals surface area contributed by atoms with Crippen LogP contribution in [0.25, 0.3) is 0 Å². The van der Waals surface area contributed by atoms with Crippen molar-refractivity contribution >= 4 is 21.6 Å². The summed E-state index contributed by atoms with van der Waals surface area (Å²) < 4.78 is 6.05. The lowest BCUT2D eigenvalue weighted by atomic mass is 10.1. The Morgan fingerprint density at radius 3 is 2.71 bits per heavy atom. The number of methoxy groups -OCH3 is 1. The summed E-state index contributed by atoms with van der Waals surface area (Å²) in [6.07, 6.45) is 0.566. The minimum atomic E-state index is -0.431. The molecular weight excluding hydrogens is 282 g/mol. The highest BCUT2D eigenvalue weighted by Gasteiger charge is 2.08. The fourth-order valence-corrected chi connectivity index (χ4v) is 2.36. The molecule has 1 N–H and O–H groups in total. The van der Waals surface area contributed by atoms with Gasteiger partial charge >= 0.3 is 0 Å². The summed E-state index contributed by atoms with van der Waals surface area (Å²) in [5.74, 6) is 0. The van der Waals surface area contributed by atoms with Crippen molar-refractivity contribution in [3.05, 3.63) is 28.2 Å².